The predicted molar refractivity (Wildman–Crippen MR) is 120 cm³/mol. The molecule has 4 aromatic rings. The lowest BCUT2D eigenvalue weighted by molar-refractivity contribution is 0.0699. The summed E-state index contributed by atoms with van der Waals surface area (Å²) in [6, 6.07) is 19.5. The number of hydrogen-bond donors (Lipinski definition) is 1. The van der Waals surface area contributed by atoms with E-state index in [1.165, 1.54) is 5.56 Å². The summed E-state index contributed by atoms with van der Waals surface area (Å²) in [6.07, 6.45) is 1.94. The Labute approximate surface area is 176 Å². The highest BCUT2D eigenvalue weighted by Gasteiger charge is 2.16. The van der Waals surface area contributed by atoms with Crippen molar-refractivity contribution in [3.05, 3.63) is 77.4 Å². The fraction of sp³-hybridized carbons (Fsp3) is 0.231. The van der Waals surface area contributed by atoms with E-state index in [0.29, 0.717) is 28.3 Å². The highest BCUT2D eigenvalue weighted by Crippen LogP contribution is 2.31. The van der Waals surface area contributed by atoms with Crippen LogP contribution in [0.3, 0.4) is 0 Å². The molecular formula is C26H25NO3. The second-order valence-electron chi connectivity index (χ2n) is 7.66. The van der Waals surface area contributed by atoms with Crippen molar-refractivity contribution in [2.24, 2.45) is 0 Å². The third-order valence-electron chi connectivity index (χ3n) is 5.75. The summed E-state index contributed by atoms with van der Waals surface area (Å²) in [7, 11) is 0. The fourth-order valence-corrected chi connectivity index (χ4v) is 3.64. The topological polar surface area (TPSA) is 63.3 Å². The summed E-state index contributed by atoms with van der Waals surface area (Å²) >= 11 is 0. The molecule has 0 amide bonds. The average Bonchev–Trinajstić information content (AvgIpc) is 3.27. The van der Waals surface area contributed by atoms with Gasteiger partial charge in [0.25, 0.3) is 0 Å². The maximum atomic E-state index is 11.9. The average molecular weight is 399 g/mol. The van der Waals surface area contributed by atoms with Gasteiger partial charge in [0, 0.05) is 10.9 Å². The Morgan fingerprint density at radius 1 is 1.00 bits per heavy atom. The molecule has 0 aliphatic carbocycles. The van der Waals surface area contributed by atoms with Gasteiger partial charge in [-0.3, -0.25) is 0 Å². The van der Waals surface area contributed by atoms with Gasteiger partial charge in [0.2, 0.25) is 0 Å². The number of aromatic nitrogens is 1. The van der Waals surface area contributed by atoms with E-state index < -0.39 is 5.97 Å². The maximum Gasteiger partial charge on any atom is 0.336 e. The zero-order valence-corrected chi connectivity index (χ0v) is 17.5. The molecule has 2 aromatic carbocycles. The number of aromatic carboxylic acids is 1. The molecule has 1 unspecified atom stereocenters. The van der Waals surface area contributed by atoms with Gasteiger partial charge >= 0.3 is 5.97 Å². The van der Waals surface area contributed by atoms with Crippen LogP contribution in [0.25, 0.3) is 33.7 Å². The van der Waals surface area contributed by atoms with E-state index in [-0.39, 0.29) is 5.56 Å². The highest BCUT2D eigenvalue weighted by molar-refractivity contribution is 6.03. The Kier molecular flexibility index (Phi) is 5.40. The molecule has 4 rings (SSSR count). The summed E-state index contributed by atoms with van der Waals surface area (Å²) in [5.74, 6) is 0.848. The van der Waals surface area contributed by atoms with E-state index in [2.05, 4.69) is 43.1 Å². The molecule has 0 saturated carbocycles. The van der Waals surface area contributed by atoms with Gasteiger partial charge in [0.1, 0.15) is 11.5 Å². The van der Waals surface area contributed by atoms with Crippen LogP contribution in [0.2, 0.25) is 0 Å². The van der Waals surface area contributed by atoms with Crippen molar-refractivity contribution in [1.82, 2.24) is 4.98 Å². The van der Waals surface area contributed by atoms with Crippen molar-refractivity contribution in [2.75, 3.05) is 0 Å². The third kappa shape index (κ3) is 3.73. The molecule has 0 bridgehead atoms. The van der Waals surface area contributed by atoms with Crippen LogP contribution in [0, 0.1) is 0 Å². The first kappa shape index (κ1) is 19.9. The maximum absolute atomic E-state index is 11.9. The second-order valence-corrected chi connectivity index (χ2v) is 7.66. The molecule has 0 aliphatic rings. The Morgan fingerprint density at radius 2 is 1.73 bits per heavy atom. The molecule has 30 heavy (non-hydrogen) atoms. The van der Waals surface area contributed by atoms with Gasteiger partial charge in [0.15, 0.2) is 5.76 Å². The quantitative estimate of drug-likeness (QED) is 0.381. The lowest BCUT2D eigenvalue weighted by Crippen LogP contribution is -2.00. The highest BCUT2D eigenvalue weighted by atomic mass is 16.4. The van der Waals surface area contributed by atoms with E-state index in [0.717, 1.165) is 29.7 Å². The monoisotopic (exact) mass is 399 g/mol. The van der Waals surface area contributed by atoms with Crippen molar-refractivity contribution >= 4 is 16.9 Å². The van der Waals surface area contributed by atoms with Gasteiger partial charge in [-0.15, -0.1) is 0 Å². The summed E-state index contributed by atoms with van der Waals surface area (Å²) in [5, 5.41) is 10.4. The number of nitrogens with zero attached hydrogens (tertiary/aromatic N) is 1. The van der Waals surface area contributed by atoms with Gasteiger partial charge < -0.3 is 9.52 Å². The number of carboxylic acid groups (broad SMARTS) is 1. The summed E-state index contributed by atoms with van der Waals surface area (Å²) in [4.78, 5) is 16.5. The lowest BCUT2D eigenvalue weighted by atomic mass is 9.97. The van der Waals surface area contributed by atoms with Crippen molar-refractivity contribution in [2.45, 2.75) is 39.5 Å². The molecule has 4 nitrogen and oxygen atoms in total. The van der Waals surface area contributed by atoms with E-state index in [1.807, 2.05) is 37.3 Å². The first-order chi connectivity index (χ1) is 14.5. The van der Waals surface area contributed by atoms with Crippen LogP contribution in [0.5, 0.6) is 0 Å². The van der Waals surface area contributed by atoms with Crippen molar-refractivity contribution in [3.8, 4) is 22.8 Å². The van der Waals surface area contributed by atoms with Gasteiger partial charge in [-0.05, 0) is 60.2 Å². The normalized spacial score (nSPS) is 12.2. The van der Waals surface area contributed by atoms with Gasteiger partial charge in [0.05, 0.1) is 11.1 Å². The molecule has 0 saturated heterocycles. The van der Waals surface area contributed by atoms with E-state index in [4.69, 9.17) is 4.42 Å². The standard InChI is InChI=1S/C26H25NO3/c1-4-16(3)18-7-9-19(10-8-18)24-12-13-25(30-24)23-15-21(26(28)29)20-14-17(5-2)6-11-22(20)27-23/h6-16H,4-5H2,1-3H3,(H,28,29). The zero-order valence-electron chi connectivity index (χ0n) is 17.5. The predicted octanol–water partition coefficient (Wildman–Crippen LogP) is 6.94. The number of rotatable bonds is 6. The SMILES string of the molecule is CCc1ccc2nc(-c3ccc(-c4ccc(C(C)CC)cc4)o3)cc(C(=O)O)c2c1. The van der Waals surface area contributed by atoms with Gasteiger partial charge in [-0.2, -0.15) is 0 Å². The van der Waals surface area contributed by atoms with E-state index in [9.17, 15) is 9.90 Å². The van der Waals surface area contributed by atoms with Crippen molar-refractivity contribution in [1.29, 1.82) is 0 Å². The Bertz CT molecular complexity index is 1200. The number of pyridine rings is 1. The van der Waals surface area contributed by atoms with Gasteiger partial charge in [-0.25, -0.2) is 9.78 Å². The Hall–Kier alpha value is -3.40. The smallest absolute Gasteiger partial charge is 0.336 e. The van der Waals surface area contributed by atoms with Crippen LogP contribution in [-0.4, -0.2) is 16.1 Å². The molecule has 2 aromatic heterocycles. The number of fused-ring (bicyclic) bond motifs is 1. The minimum absolute atomic E-state index is 0.237. The first-order valence-electron chi connectivity index (χ1n) is 10.4. The fourth-order valence-electron chi connectivity index (χ4n) is 3.64. The summed E-state index contributed by atoms with van der Waals surface area (Å²) < 4.78 is 6.06. The Balaban J connectivity index is 1.73. The summed E-state index contributed by atoms with van der Waals surface area (Å²) in [5.41, 5.74) is 4.79. The third-order valence-corrected chi connectivity index (χ3v) is 5.75. The largest absolute Gasteiger partial charge is 0.478 e. The number of carboxylic acids is 1. The van der Waals surface area contributed by atoms with Crippen LogP contribution in [0.1, 0.15) is 54.6 Å². The van der Waals surface area contributed by atoms with Crippen LogP contribution in [0.4, 0.5) is 0 Å². The molecule has 0 fully saturated rings. The van der Waals surface area contributed by atoms with Crippen LogP contribution < -0.4 is 0 Å². The molecule has 0 radical (unpaired) electrons. The Morgan fingerprint density at radius 3 is 2.40 bits per heavy atom. The first-order valence-corrected chi connectivity index (χ1v) is 10.4. The van der Waals surface area contributed by atoms with E-state index in [1.54, 1.807) is 6.07 Å². The number of benzene rings is 2. The molecule has 4 heteroatoms. The van der Waals surface area contributed by atoms with Crippen molar-refractivity contribution in [3.63, 3.8) is 0 Å². The molecular weight excluding hydrogens is 374 g/mol. The number of carbonyl (C=O) groups is 1. The summed E-state index contributed by atoms with van der Waals surface area (Å²) in [6.45, 7) is 6.44. The molecule has 0 spiro atoms. The van der Waals surface area contributed by atoms with Crippen LogP contribution in [0.15, 0.2) is 65.1 Å². The number of furan rings is 1. The number of aryl methyl sites for hydroxylation is 1. The second kappa shape index (κ2) is 8.15. The molecule has 2 heterocycles. The van der Waals surface area contributed by atoms with Crippen LogP contribution >= 0.6 is 0 Å². The minimum Gasteiger partial charge on any atom is -0.478 e. The number of hydrogen-bond acceptors (Lipinski definition) is 3. The molecule has 1 atom stereocenters. The lowest BCUT2D eigenvalue weighted by Gasteiger charge is -2.09. The van der Waals surface area contributed by atoms with Crippen LogP contribution in [-0.2, 0) is 6.42 Å². The van der Waals surface area contributed by atoms with E-state index >= 15 is 0 Å². The molecule has 1 N–H and O–H groups in total. The van der Waals surface area contributed by atoms with Crippen molar-refractivity contribution < 1.29 is 14.3 Å². The molecule has 152 valence electrons. The molecule has 0 aliphatic heterocycles. The minimum atomic E-state index is -0.968. The van der Waals surface area contributed by atoms with Gasteiger partial charge in [-0.1, -0.05) is 51.1 Å². The zero-order chi connectivity index (χ0) is 21.3.